The second kappa shape index (κ2) is 4.90. The van der Waals surface area contributed by atoms with E-state index in [1.54, 1.807) is 11.9 Å². The van der Waals surface area contributed by atoms with Gasteiger partial charge in [-0.2, -0.15) is 0 Å². The first kappa shape index (κ1) is 9.07. The monoisotopic (exact) mass is 150 g/mol. The summed E-state index contributed by atoms with van der Waals surface area (Å²) in [4.78, 5) is 1.77. The van der Waals surface area contributed by atoms with E-state index in [9.17, 15) is 8.76 Å². The predicted molar refractivity (Wildman–Crippen MR) is 36.7 cm³/mol. The highest BCUT2D eigenvalue weighted by Gasteiger charge is 1.92. The van der Waals surface area contributed by atoms with E-state index in [4.69, 9.17) is 0 Å². The lowest BCUT2D eigenvalue weighted by atomic mass is 10.5. The zero-order valence-electron chi connectivity index (χ0n) is 5.79. The Bertz CT molecular complexity index is 97.0. The van der Waals surface area contributed by atoms with Crippen molar-refractivity contribution in [3.63, 3.8) is 0 Å². The maximum atomic E-state index is 10.0. The molecule has 56 valence electrons. The van der Waals surface area contributed by atoms with Gasteiger partial charge >= 0.3 is 0 Å². The Kier molecular flexibility index (Phi) is 4.94. The van der Waals surface area contributed by atoms with Gasteiger partial charge in [-0.05, 0) is 31.1 Å². The second-order valence-corrected chi connectivity index (χ2v) is 2.88. The third-order valence-corrected chi connectivity index (χ3v) is 1.58. The average molecular weight is 150 g/mol. The molecule has 0 bridgehead atoms. The van der Waals surface area contributed by atoms with Crippen LogP contribution >= 0.6 is 0 Å². The highest BCUT2D eigenvalue weighted by Crippen LogP contribution is 1.86. The Morgan fingerprint density at radius 2 is 2.22 bits per heavy atom. The van der Waals surface area contributed by atoms with E-state index in [2.05, 4.69) is 0 Å². The Labute approximate surface area is 58.3 Å². The van der Waals surface area contributed by atoms with Gasteiger partial charge in [0.1, 0.15) is 0 Å². The fraction of sp³-hybridized carbons (Fsp3) is 1.00. The molecule has 0 heterocycles. The summed E-state index contributed by atoms with van der Waals surface area (Å²) in [7, 11) is 1.79. The van der Waals surface area contributed by atoms with Crippen LogP contribution in [0, 0.1) is 0 Å². The lowest BCUT2D eigenvalue weighted by Gasteiger charge is -2.16. The second-order valence-electron chi connectivity index (χ2n) is 2.01. The average Bonchev–Trinajstić information content (AvgIpc) is 1.63. The molecule has 0 N–H and O–H groups in total. The van der Waals surface area contributed by atoms with Crippen LogP contribution in [0.2, 0.25) is 0 Å². The Hall–Kier alpha value is 0.0700. The van der Waals surface area contributed by atoms with Crippen molar-refractivity contribution < 1.29 is 8.76 Å². The van der Waals surface area contributed by atoms with Crippen molar-refractivity contribution in [1.82, 2.24) is 4.90 Å². The molecule has 0 amide bonds. The molecule has 0 radical (unpaired) electrons. The molecule has 4 heteroatoms. The molecule has 9 heavy (non-hydrogen) atoms. The molecule has 3 nitrogen and oxygen atoms in total. The molecule has 1 atom stereocenters. The van der Waals surface area contributed by atoms with Crippen molar-refractivity contribution in [1.29, 1.82) is 0 Å². The molecular weight excluding hydrogens is 138 g/mol. The molecule has 0 rings (SSSR count). The first-order valence-corrected chi connectivity index (χ1v) is 4.15. The van der Waals surface area contributed by atoms with Crippen LogP contribution in [-0.4, -0.2) is 33.1 Å². The molecule has 0 aliphatic heterocycles. The molecule has 0 saturated heterocycles. The zero-order valence-corrected chi connectivity index (χ0v) is 6.61. The van der Waals surface area contributed by atoms with E-state index < -0.39 is 11.1 Å². The first-order valence-electron chi connectivity index (χ1n) is 2.91. The molecule has 0 aliphatic rings. The SMILES string of the molecule is CCCN(C)CS(=O)[O-]. The Morgan fingerprint density at radius 1 is 1.67 bits per heavy atom. The Morgan fingerprint density at radius 3 is 2.56 bits per heavy atom. The van der Waals surface area contributed by atoms with Crippen molar-refractivity contribution in [2.75, 3.05) is 19.5 Å². The van der Waals surface area contributed by atoms with Gasteiger partial charge in [0.05, 0.1) is 5.88 Å². The van der Waals surface area contributed by atoms with Crippen LogP contribution in [0.5, 0.6) is 0 Å². The summed E-state index contributed by atoms with van der Waals surface area (Å²) >= 11 is -1.92. The minimum absolute atomic E-state index is 0.147. The van der Waals surface area contributed by atoms with Gasteiger partial charge in [0.2, 0.25) is 0 Å². The van der Waals surface area contributed by atoms with Crippen molar-refractivity contribution >= 4 is 11.1 Å². The van der Waals surface area contributed by atoms with Gasteiger partial charge in [0, 0.05) is 0 Å². The van der Waals surface area contributed by atoms with Gasteiger partial charge in [-0.25, -0.2) is 0 Å². The standard InChI is InChI=1S/C5H13NO2S/c1-3-4-6(2)5-9(7)8/h3-5H2,1-2H3,(H,7,8)/p-1. The summed E-state index contributed by atoms with van der Waals surface area (Å²) in [5.74, 6) is 0.147. The minimum atomic E-state index is -1.92. The normalized spacial score (nSPS) is 14.2. The van der Waals surface area contributed by atoms with Crippen LogP contribution < -0.4 is 0 Å². The summed E-state index contributed by atoms with van der Waals surface area (Å²) in [6, 6.07) is 0. The van der Waals surface area contributed by atoms with Crippen LogP contribution in [0.25, 0.3) is 0 Å². The number of hydrogen-bond acceptors (Lipinski definition) is 3. The fourth-order valence-electron chi connectivity index (χ4n) is 0.626. The minimum Gasteiger partial charge on any atom is -0.771 e. The van der Waals surface area contributed by atoms with Crippen LogP contribution in [0.3, 0.4) is 0 Å². The summed E-state index contributed by atoms with van der Waals surface area (Å²) in [6.07, 6.45) is 0.994. The quantitative estimate of drug-likeness (QED) is 0.536. The first-order chi connectivity index (χ1) is 4.16. The summed E-state index contributed by atoms with van der Waals surface area (Å²) in [5, 5.41) is 0. The van der Waals surface area contributed by atoms with Crippen molar-refractivity contribution in [3.05, 3.63) is 0 Å². The van der Waals surface area contributed by atoms with Crippen LogP contribution in [0.1, 0.15) is 13.3 Å². The van der Waals surface area contributed by atoms with E-state index in [0.29, 0.717) is 0 Å². The molecule has 0 aromatic carbocycles. The van der Waals surface area contributed by atoms with E-state index in [1.165, 1.54) is 0 Å². The molecule has 0 fully saturated rings. The fourth-order valence-corrected chi connectivity index (χ4v) is 1.12. The molecule has 0 saturated carbocycles. The van der Waals surface area contributed by atoms with Crippen LogP contribution in [0.15, 0.2) is 0 Å². The van der Waals surface area contributed by atoms with Gasteiger partial charge in [0.25, 0.3) is 0 Å². The zero-order chi connectivity index (χ0) is 7.28. The molecule has 0 spiro atoms. The third-order valence-electron chi connectivity index (χ3n) is 0.931. The number of nitrogens with zero attached hydrogens (tertiary/aromatic N) is 1. The van der Waals surface area contributed by atoms with Crippen LogP contribution in [0.4, 0.5) is 0 Å². The predicted octanol–water partition coefficient (Wildman–Crippen LogP) is 0.165. The molecule has 0 aromatic heterocycles. The molecule has 0 aliphatic carbocycles. The van der Waals surface area contributed by atoms with Crippen molar-refractivity contribution in [2.45, 2.75) is 13.3 Å². The molecule has 0 aromatic rings. The maximum Gasteiger partial charge on any atom is 0.0611 e. The highest BCUT2D eigenvalue weighted by molar-refractivity contribution is 7.79. The van der Waals surface area contributed by atoms with Gasteiger partial charge in [-0.3, -0.25) is 9.11 Å². The maximum absolute atomic E-state index is 10.0. The van der Waals surface area contributed by atoms with E-state index in [0.717, 1.165) is 13.0 Å². The van der Waals surface area contributed by atoms with Crippen LogP contribution in [-0.2, 0) is 11.1 Å². The Balaban J connectivity index is 3.26. The third kappa shape index (κ3) is 5.95. The van der Waals surface area contributed by atoms with Crippen molar-refractivity contribution in [2.24, 2.45) is 0 Å². The van der Waals surface area contributed by atoms with Gasteiger partial charge in [-0.1, -0.05) is 6.92 Å². The van der Waals surface area contributed by atoms with Crippen molar-refractivity contribution in [3.8, 4) is 0 Å². The smallest absolute Gasteiger partial charge is 0.0611 e. The van der Waals surface area contributed by atoms with Gasteiger partial charge in [0.15, 0.2) is 0 Å². The summed E-state index contributed by atoms with van der Waals surface area (Å²) in [5.41, 5.74) is 0. The van der Waals surface area contributed by atoms with E-state index >= 15 is 0 Å². The number of rotatable bonds is 4. The number of hydrogen-bond donors (Lipinski definition) is 0. The topological polar surface area (TPSA) is 43.4 Å². The summed E-state index contributed by atoms with van der Waals surface area (Å²) < 4.78 is 20.1. The highest BCUT2D eigenvalue weighted by atomic mass is 32.2. The molecule has 1 unspecified atom stereocenters. The molecular formula is C5H12NO2S-. The lowest BCUT2D eigenvalue weighted by Crippen LogP contribution is -2.23. The van der Waals surface area contributed by atoms with Gasteiger partial charge in [-0.15, -0.1) is 0 Å². The largest absolute Gasteiger partial charge is 0.771 e. The van der Waals surface area contributed by atoms with E-state index in [1.807, 2.05) is 6.92 Å². The summed E-state index contributed by atoms with van der Waals surface area (Å²) in [6.45, 7) is 2.86. The lowest BCUT2D eigenvalue weighted by molar-refractivity contribution is 0.375. The van der Waals surface area contributed by atoms with Gasteiger partial charge < -0.3 is 4.55 Å². The van der Waals surface area contributed by atoms with E-state index in [-0.39, 0.29) is 5.88 Å².